The van der Waals surface area contributed by atoms with Gasteiger partial charge in [-0.15, -0.1) is 11.3 Å². The number of nitrogens with one attached hydrogen (secondary N) is 2. The van der Waals surface area contributed by atoms with Gasteiger partial charge in [-0.1, -0.05) is 38.5 Å². The molecule has 2 N–H and O–H groups in total. The fraction of sp³-hybridized carbons (Fsp3) is 0.333. The molecule has 2 rings (SSSR count). The number of anilines is 1. The highest BCUT2D eigenvalue weighted by atomic mass is 32.1. The van der Waals surface area contributed by atoms with Gasteiger partial charge in [0.1, 0.15) is 17.1 Å². The maximum atomic E-state index is 12.7. The van der Waals surface area contributed by atoms with E-state index in [2.05, 4.69) is 10.6 Å². The summed E-state index contributed by atoms with van der Waals surface area (Å²) >= 11 is 1.21. The number of nitriles is 1. The Labute approximate surface area is 173 Å². The van der Waals surface area contributed by atoms with E-state index in [1.165, 1.54) is 18.3 Å². The van der Waals surface area contributed by atoms with Crippen molar-refractivity contribution in [2.45, 2.75) is 39.3 Å². The van der Waals surface area contributed by atoms with Gasteiger partial charge >= 0.3 is 5.97 Å². The number of carbonyl (C=O) groups excluding carboxylic acids is 3. The van der Waals surface area contributed by atoms with Crippen LogP contribution in [0.5, 0.6) is 0 Å². The predicted octanol–water partition coefficient (Wildman–Crippen LogP) is 3.33. The van der Waals surface area contributed by atoms with Gasteiger partial charge in [0.05, 0.1) is 5.56 Å². The van der Waals surface area contributed by atoms with E-state index in [4.69, 9.17) is 10.00 Å². The molecule has 0 bridgehead atoms. The second-order valence-corrected chi connectivity index (χ2v) is 7.46. The van der Waals surface area contributed by atoms with Crippen LogP contribution in [-0.4, -0.2) is 29.9 Å². The van der Waals surface area contributed by atoms with Crippen molar-refractivity contribution in [1.29, 1.82) is 5.26 Å². The summed E-state index contributed by atoms with van der Waals surface area (Å²) in [6.07, 6.45) is -0.452. The minimum absolute atomic E-state index is 0.187. The van der Waals surface area contributed by atoms with Crippen molar-refractivity contribution in [3.8, 4) is 6.07 Å². The quantitative estimate of drug-likeness (QED) is 0.645. The smallest absolute Gasteiger partial charge is 0.329 e. The van der Waals surface area contributed by atoms with Crippen LogP contribution in [0.1, 0.15) is 43.1 Å². The number of amides is 2. The molecule has 7 nitrogen and oxygen atoms in total. The van der Waals surface area contributed by atoms with E-state index in [9.17, 15) is 14.4 Å². The lowest BCUT2D eigenvalue weighted by Crippen LogP contribution is -2.47. The molecule has 0 fully saturated rings. The third-order valence-electron chi connectivity index (χ3n) is 4.47. The van der Waals surface area contributed by atoms with Crippen LogP contribution in [0.3, 0.4) is 0 Å². The maximum Gasteiger partial charge on any atom is 0.329 e. The molecular weight excluding hydrogens is 390 g/mol. The van der Waals surface area contributed by atoms with Gasteiger partial charge in [-0.05, 0) is 36.4 Å². The van der Waals surface area contributed by atoms with Crippen molar-refractivity contribution < 1.29 is 19.1 Å². The fourth-order valence-electron chi connectivity index (χ4n) is 2.49. The van der Waals surface area contributed by atoms with Crippen LogP contribution in [0.2, 0.25) is 0 Å². The first-order valence-corrected chi connectivity index (χ1v) is 10.1. The molecule has 2 aromatic rings. The Morgan fingerprint density at radius 3 is 2.48 bits per heavy atom. The molecule has 0 radical (unpaired) electrons. The SMILES string of the molecule is CC[C@H](C)[C@H](NC(=O)c1ccccc1)C(=O)O[C@H](C)C(=O)Nc1sccc1C#N. The molecule has 1 heterocycles. The molecule has 8 heteroatoms. The lowest BCUT2D eigenvalue weighted by molar-refractivity contribution is -0.156. The Morgan fingerprint density at radius 2 is 1.86 bits per heavy atom. The second kappa shape index (κ2) is 10.4. The van der Waals surface area contributed by atoms with E-state index in [1.807, 2.05) is 19.9 Å². The number of benzene rings is 1. The first-order chi connectivity index (χ1) is 13.9. The average Bonchev–Trinajstić information content (AvgIpc) is 3.18. The molecule has 29 heavy (non-hydrogen) atoms. The highest BCUT2D eigenvalue weighted by Crippen LogP contribution is 2.22. The summed E-state index contributed by atoms with van der Waals surface area (Å²) in [5, 5.41) is 16.4. The largest absolute Gasteiger partial charge is 0.451 e. The highest BCUT2D eigenvalue weighted by molar-refractivity contribution is 7.14. The van der Waals surface area contributed by atoms with Crippen molar-refractivity contribution in [2.75, 3.05) is 5.32 Å². The van der Waals surface area contributed by atoms with E-state index in [0.717, 1.165) is 0 Å². The van der Waals surface area contributed by atoms with Crippen molar-refractivity contribution in [2.24, 2.45) is 5.92 Å². The average molecular weight is 413 g/mol. The van der Waals surface area contributed by atoms with E-state index in [-0.39, 0.29) is 11.8 Å². The number of hydrogen-bond acceptors (Lipinski definition) is 6. The number of carbonyl (C=O) groups is 3. The van der Waals surface area contributed by atoms with Gasteiger partial charge in [-0.2, -0.15) is 5.26 Å². The molecule has 0 aliphatic carbocycles. The van der Waals surface area contributed by atoms with Crippen molar-refractivity contribution in [3.05, 3.63) is 52.9 Å². The Morgan fingerprint density at radius 1 is 1.17 bits per heavy atom. The van der Waals surface area contributed by atoms with Gasteiger partial charge in [0, 0.05) is 5.56 Å². The van der Waals surface area contributed by atoms with Gasteiger partial charge in [-0.25, -0.2) is 4.79 Å². The minimum atomic E-state index is -1.09. The summed E-state index contributed by atoms with van der Waals surface area (Å²) in [7, 11) is 0. The molecule has 2 amide bonds. The molecule has 1 aromatic carbocycles. The van der Waals surface area contributed by atoms with Gasteiger partial charge in [0.25, 0.3) is 11.8 Å². The predicted molar refractivity (Wildman–Crippen MR) is 110 cm³/mol. The minimum Gasteiger partial charge on any atom is -0.451 e. The van der Waals surface area contributed by atoms with Gasteiger partial charge < -0.3 is 15.4 Å². The van der Waals surface area contributed by atoms with Crippen LogP contribution in [-0.2, 0) is 14.3 Å². The van der Waals surface area contributed by atoms with E-state index < -0.39 is 24.0 Å². The standard InChI is InChI=1S/C21H23N3O4S/c1-4-13(2)17(23-19(26)15-8-6-5-7-9-15)21(27)28-14(3)18(25)24-20-16(12-22)10-11-29-20/h5-11,13-14,17H,4H2,1-3H3,(H,23,26)(H,24,25)/t13-,14+,17-/m0/s1. The lowest BCUT2D eigenvalue weighted by Gasteiger charge is -2.24. The second-order valence-electron chi connectivity index (χ2n) is 6.55. The molecule has 0 spiro atoms. The number of esters is 1. The van der Waals surface area contributed by atoms with Crippen LogP contribution in [0.15, 0.2) is 41.8 Å². The Hall–Kier alpha value is -3.18. The van der Waals surface area contributed by atoms with Crippen molar-refractivity contribution >= 4 is 34.1 Å². The van der Waals surface area contributed by atoms with Crippen LogP contribution in [0.25, 0.3) is 0 Å². The van der Waals surface area contributed by atoms with Crippen molar-refractivity contribution in [3.63, 3.8) is 0 Å². The molecule has 0 aliphatic rings. The number of nitrogens with zero attached hydrogens (tertiary/aromatic N) is 1. The monoisotopic (exact) mass is 413 g/mol. The first-order valence-electron chi connectivity index (χ1n) is 9.22. The van der Waals surface area contributed by atoms with E-state index in [0.29, 0.717) is 22.5 Å². The molecule has 0 saturated heterocycles. The number of hydrogen-bond donors (Lipinski definition) is 2. The molecule has 0 saturated carbocycles. The van der Waals surface area contributed by atoms with Gasteiger partial charge in [0.2, 0.25) is 0 Å². The molecule has 152 valence electrons. The first kappa shape index (κ1) is 22.1. The van der Waals surface area contributed by atoms with Crippen LogP contribution in [0, 0.1) is 17.2 Å². The Balaban J connectivity index is 2.04. The van der Waals surface area contributed by atoms with Crippen molar-refractivity contribution in [1.82, 2.24) is 5.32 Å². The molecule has 3 atom stereocenters. The normalized spacial score (nSPS) is 13.4. The zero-order chi connectivity index (χ0) is 21.4. The highest BCUT2D eigenvalue weighted by Gasteiger charge is 2.30. The summed E-state index contributed by atoms with van der Waals surface area (Å²) in [5.41, 5.74) is 0.774. The lowest BCUT2D eigenvalue weighted by atomic mass is 9.98. The zero-order valence-corrected chi connectivity index (χ0v) is 17.3. The Bertz CT molecular complexity index is 904. The summed E-state index contributed by atoms with van der Waals surface area (Å²) in [4.78, 5) is 37.5. The van der Waals surface area contributed by atoms with Crippen LogP contribution >= 0.6 is 11.3 Å². The van der Waals surface area contributed by atoms with E-state index >= 15 is 0 Å². The number of rotatable bonds is 8. The molecule has 1 aromatic heterocycles. The summed E-state index contributed by atoms with van der Waals surface area (Å²) in [6, 6.07) is 11.2. The Kier molecular flexibility index (Phi) is 7.92. The molecule has 0 aliphatic heterocycles. The van der Waals surface area contributed by atoms with Crippen LogP contribution in [0.4, 0.5) is 5.00 Å². The zero-order valence-electron chi connectivity index (χ0n) is 16.5. The molecule has 0 unspecified atom stereocenters. The fourth-order valence-corrected chi connectivity index (χ4v) is 3.23. The number of ether oxygens (including phenoxy) is 1. The third-order valence-corrected chi connectivity index (χ3v) is 5.30. The third kappa shape index (κ3) is 5.90. The summed E-state index contributed by atoms with van der Waals surface area (Å²) in [5.74, 6) is -1.80. The van der Waals surface area contributed by atoms with Gasteiger partial charge in [0.15, 0.2) is 6.10 Å². The van der Waals surface area contributed by atoms with E-state index in [1.54, 1.807) is 41.8 Å². The maximum absolute atomic E-state index is 12.7. The molecular formula is C21H23N3O4S. The summed E-state index contributed by atoms with van der Waals surface area (Å²) < 4.78 is 5.31. The van der Waals surface area contributed by atoms with Crippen LogP contribution < -0.4 is 10.6 Å². The topological polar surface area (TPSA) is 108 Å². The van der Waals surface area contributed by atoms with Gasteiger partial charge in [-0.3, -0.25) is 9.59 Å². The summed E-state index contributed by atoms with van der Waals surface area (Å²) in [6.45, 7) is 5.17. The number of thiophene rings is 1.